The van der Waals surface area contributed by atoms with Crippen LogP contribution in [-0.2, 0) is 25.0 Å². The first-order valence-electron chi connectivity index (χ1n) is 11.0. The van der Waals surface area contributed by atoms with Crippen molar-refractivity contribution < 1.29 is 14.3 Å². The van der Waals surface area contributed by atoms with Gasteiger partial charge in [-0.3, -0.25) is 0 Å². The quantitative estimate of drug-likeness (QED) is 0.313. The molecule has 5 nitrogen and oxygen atoms in total. The number of hydrogen-bond donors (Lipinski definition) is 1. The summed E-state index contributed by atoms with van der Waals surface area (Å²) in [5.74, 6) is 0.329. The Morgan fingerprint density at radius 1 is 0.912 bits per heavy atom. The van der Waals surface area contributed by atoms with Gasteiger partial charge in [-0.05, 0) is 53.4 Å². The van der Waals surface area contributed by atoms with E-state index in [1.807, 2.05) is 105 Å². The van der Waals surface area contributed by atoms with Crippen LogP contribution in [0, 0.1) is 0 Å². The molecule has 34 heavy (non-hydrogen) atoms. The molecule has 0 spiro atoms. The third kappa shape index (κ3) is 6.07. The molecular formula is C28H29ClN2O3. The summed E-state index contributed by atoms with van der Waals surface area (Å²) < 4.78 is 13.5. The molecular weight excluding hydrogens is 448 g/mol. The van der Waals surface area contributed by atoms with Crippen LogP contribution in [0.2, 0.25) is 0 Å². The van der Waals surface area contributed by atoms with E-state index in [2.05, 4.69) is 0 Å². The molecule has 0 aliphatic carbocycles. The van der Waals surface area contributed by atoms with Crippen molar-refractivity contribution in [3.05, 3.63) is 114 Å². The molecule has 0 radical (unpaired) electrons. The Bertz CT molecular complexity index is 1220. The fourth-order valence-electron chi connectivity index (χ4n) is 3.67. The molecule has 2 N–H and O–H groups in total. The number of hydrogen-bond acceptors (Lipinski definition) is 4. The first-order chi connectivity index (χ1) is 16.0. The predicted molar refractivity (Wildman–Crippen MR) is 137 cm³/mol. The second kappa shape index (κ2) is 11.5. The van der Waals surface area contributed by atoms with Gasteiger partial charge in [0.05, 0.1) is 0 Å². The molecule has 1 atom stereocenters. The number of esters is 1. The van der Waals surface area contributed by atoms with Crippen LogP contribution in [0.25, 0.3) is 11.1 Å². The van der Waals surface area contributed by atoms with E-state index >= 15 is 0 Å². The molecule has 0 saturated carbocycles. The number of carbonyl (C=O) groups is 1. The van der Waals surface area contributed by atoms with Crippen LogP contribution in [0.1, 0.15) is 40.1 Å². The lowest BCUT2D eigenvalue weighted by molar-refractivity contribution is 0.0462. The van der Waals surface area contributed by atoms with Gasteiger partial charge in [-0.25, -0.2) is 4.79 Å². The zero-order chi connectivity index (χ0) is 23.2. The highest BCUT2D eigenvalue weighted by molar-refractivity contribution is 5.96. The second-order valence-corrected chi connectivity index (χ2v) is 8.10. The van der Waals surface area contributed by atoms with Crippen molar-refractivity contribution in [1.82, 2.24) is 4.57 Å². The highest BCUT2D eigenvalue weighted by Crippen LogP contribution is 2.32. The number of benzene rings is 3. The molecule has 4 aromatic rings. The van der Waals surface area contributed by atoms with E-state index in [-0.39, 0.29) is 31.0 Å². The summed E-state index contributed by atoms with van der Waals surface area (Å²) in [5.41, 5.74) is 11.3. The topological polar surface area (TPSA) is 66.5 Å². The lowest BCUT2D eigenvalue weighted by Gasteiger charge is -2.14. The van der Waals surface area contributed by atoms with Crippen LogP contribution in [-0.4, -0.2) is 10.5 Å². The molecule has 0 amide bonds. The Morgan fingerprint density at radius 2 is 1.53 bits per heavy atom. The van der Waals surface area contributed by atoms with E-state index in [4.69, 9.17) is 15.2 Å². The number of nitrogens with zero attached hydrogens (tertiary/aromatic N) is 1. The molecule has 0 aliphatic rings. The molecule has 0 unspecified atom stereocenters. The Balaban J connectivity index is 0.00000324. The molecule has 0 fully saturated rings. The number of halogens is 1. The molecule has 3 aromatic carbocycles. The SMILES string of the molecule is C[C@@H](N)c1cc(OCc2ccccc2)cc(-c2ccn(C)c2C(=O)OCc2ccccc2)c1.Cl. The van der Waals surface area contributed by atoms with Crippen LogP contribution in [0.3, 0.4) is 0 Å². The molecule has 1 heterocycles. The van der Waals surface area contributed by atoms with E-state index in [1.54, 1.807) is 4.57 Å². The predicted octanol–water partition coefficient (Wildman–Crippen LogP) is 6.07. The molecule has 176 valence electrons. The highest BCUT2D eigenvalue weighted by atomic mass is 35.5. The van der Waals surface area contributed by atoms with Crippen molar-refractivity contribution in [3.8, 4) is 16.9 Å². The Labute approximate surface area is 206 Å². The molecule has 1 aromatic heterocycles. The fourth-order valence-corrected chi connectivity index (χ4v) is 3.67. The summed E-state index contributed by atoms with van der Waals surface area (Å²) in [7, 11) is 1.84. The zero-order valence-electron chi connectivity index (χ0n) is 19.3. The summed E-state index contributed by atoms with van der Waals surface area (Å²) >= 11 is 0. The summed E-state index contributed by atoms with van der Waals surface area (Å²) in [6.07, 6.45) is 1.86. The maximum Gasteiger partial charge on any atom is 0.355 e. The summed E-state index contributed by atoms with van der Waals surface area (Å²) in [6, 6.07) is 27.3. The maximum atomic E-state index is 13.0. The minimum absolute atomic E-state index is 0. The first kappa shape index (κ1) is 25.1. The standard InChI is InChI=1S/C28H28N2O3.ClH/c1-20(29)23-15-24(17-25(16-23)32-18-21-9-5-3-6-10-21)26-13-14-30(2)27(26)28(31)33-19-22-11-7-4-8-12-22;/h3-17,20H,18-19,29H2,1-2H3;1H/t20-;/m1./s1. The van der Waals surface area contributed by atoms with Crippen LogP contribution < -0.4 is 10.5 Å². The van der Waals surface area contributed by atoms with Gasteiger partial charge < -0.3 is 19.8 Å². The van der Waals surface area contributed by atoms with Crippen molar-refractivity contribution in [2.75, 3.05) is 0 Å². The molecule has 4 rings (SSSR count). The summed E-state index contributed by atoms with van der Waals surface area (Å²) in [5, 5.41) is 0. The Hall–Kier alpha value is -3.54. The van der Waals surface area contributed by atoms with Crippen molar-refractivity contribution >= 4 is 18.4 Å². The van der Waals surface area contributed by atoms with Crippen LogP contribution >= 0.6 is 12.4 Å². The van der Waals surface area contributed by atoms with Crippen LogP contribution in [0.5, 0.6) is 5.75 Å². The number of carbonyl (C=O) groups excluding carboxylic acids is 1. The summed E-state index contributed by atoms with van der Waals surface area (Å²) in [6.45, 7) is 2.60. The van der Waals surface area contributed by atoms with Crippen molar-refractivity contribution in [3.63, 3.8) is 0 Å². The highest BCUT2D eigenvalue weighted by Gasteiger charge is 2.20. The fraction of sp³-hybridized carbons (Fsp3) is 0.179. The van der Waals surface area contributed by atoms with Crippen LogP contribution in [0.4, 0.5) is 0 Å². The molecule has 6 heteroatoms. The van der Waals surface area contributed by atoms with Crippen LogP contribution in [0.15, 0.2) is 91.1 Å². The van der Waals surface area contributed by atoms with Gasteiger partial charge in [0, 0.05) is 24.8 Å². The molecule has 0 bridgehead atoms. The largest absolute Gasteiger partial charge is 0.489 e. The summed E-state index contributed by atoms with van der Waals surface area (Å²) in [4.78, 5) is 13.0. The lowest BCUT2D eigenvalue weighted by Crippen LogP contribution is -2.11. The number of ether oxygens (including phenoxy) is 2. The van der Waals surface area contributed by atoms with E-state index in [0.717, 1.165) is 27.8 Å². The minimum atomic E-state index is -0.376. The monoisotopic (exact) mass is 476 g/mol. The van der Waals surface area contributed by atoms with Gasteiger partial charge in [0.25, 0.3) is 0 Å². The number of aryl methyl sites for hydroxylation is 1. The average Bonchev–Trinajstić information content (AvgIpc) is 3.24. The van der Waals surface area contributed by atoms with Gasteiger partial charge in [0.15, 0.2) is 0 Å². The smallest absolute Gasteiger partial charge is 0.355 e. The van der Waals surface area contributed by atoms with Crippen molar-refractivity contribution in [2.45, 2.75) is 26.2 Å². The lowest BCUT2D eigenvalue weighted by atomic mass is 9.99. The van der Waals surface area contributed by atoms with Crippen molar-refractivity contribution in [2.24, 2.45) is 12.8 Å². The van der Waals surface area contributed by atoms with E-state index in [1.165, 1.54) is 0 Å². The number of aromatic nitrogens is 1. The van der Waals surface area contributed by atoms with E-state index in [0.29, 0.717) is 18.1 Å². The van der Waals surface area contributed by atoms with Gasteiger partial charge in [0.1, 0.15) is 24.7 Å². The molecule has 0 saturated heterocycles. The Morgan fingerprint density at radius 3 is 2.15 bits per heavy atom. The molecule has 0 aliphatic heterocycles. The van der Waals surface area contributed by atoms with Gasteiger partial charge in [0.2, 0.25) is 0 Å². The van der Waals surface area contributed by atoms with Gasteiger partial charge in [-0.2, -0.15) is 0 Å². The number of nitrogens with two attached hydrogens (primary N) is 1. The third-order valence-corrected chi connectivity index (χ3v) is 5.49. The maximum absolute atomic E-state index is 13.0. The first-order valence-corrected chi connectivity index (χ1v) is 11.0. The second-order valence-electron chi connectivity index (χ2n) is 8.10. The van der Waals surface area contributed by atoms with Gasteiger partial charge in [-0.15, -0.1) is 12.4 Å². The average molecular weight is 477 g/mol. The van der Waals surface area contributed by atoms with Gasteiger partial charge in [-0.1, -0.05) is 60.7 Å². The van der Waals surface area contributed by atoms with Gasteiger partial charge >= 0.3 is 5.97 Å². The zero-order valence-corrected chi connectivity index (χ0v) is 20.1. The van der Waals surface area contributed by atoms with Crippen molar-refractivity contribution in [1.29, 1.82) is 0 Å². The number of rotatable bonds is 8. The Kier molecular flexibility index (Phi) is 8.52. The third-order valence-electron chi connectivity index (χ3n) is 5.49. The van der Waals surface area contributed by atoms with E-state index in [9.17, 15) is 4.79 Å². The minimum Gasteiger partial charge on any atom is -0.489 e. The van der Waals surface area contributed by atoms with E-state index < -0.39 is 0 Å². The normalized spacial score (nSPS) is 11.4.